The Balaban J connectivity index is 1.87. The van der Waals surface area contributed by atoms with Gasteiger partial charge in [0.2, 0.25) is 0 Å². The van der Waals surface area contributed by atoms with E-state index in [-0.39, 0.29) is 5.82 Å². The molecule has 0 amide bonds. The Hall–Kier alpha value is -1.42. The summed E-state index contributed by atoms with van der Waals surface area (Å²) in [6.07, 6.45) is 0.813. The minimum Gasteiger partial charge on any atom is -0.493 e. The van der Waals surface area contributed by atoms with Gasteiger partial charge in [-0.2, -0.15) is 0 Å². The van der Waals surface area contributed by atoms with Gasteiger partial charge in [0.1, 0.15) is 11.6 Å². The lowest BCUT2D eigenvalue weighted by Crippen LogP contribution is -2.01. The molecule has 0 spiro atoms. The van der Waals surface area contributed by atoms with E-state index in [0.717, 1.165) is 12.1 Å². The topological polar surface area (TPSA) is 22.1 Å². The minimum absolute atomic E-state index is 0.272. The Labute approximate surface area is 97.7 Å². The second-order valence-electron chi connectivity index (χ2n) is 3.42. The predicted molar refractivity (Wildman–Crippen MR) is 62.5 cm³/mol. The van der Waals surface area contributed by atoms with Crippen LogP contribution < -0.4 is 4.74 Å². The van der Waals surface area contributed by atoms with Crippen molar-refractivity contribution in [1.82, 2.24) is 4.98 Å². The smallest absolute Gasteiger partial charge is 0.126 e. The Morgan fingerprint density at radius 3 is 3.00 bits per heavy atom. The number of aromatic nitrogens is 1. The maximum atomic E-state index is 12.8. The van der Waals surface area contributed by atoms with E-state index in [1.54, 1.807) is 23.5 Å². The van der Waals surface area contributed by atoms with Gasteiger partial charge in [0, 0.05) is 17.4 Å². The lowest BCUT2D eigenvalue weighted by Gasteiger charge is -2.05. The summed E-state index contributed by atoms with van der Waals surface area (Å²) >= 11 is 1.62. The molecule has 4 heteroatoms. The second-order valence-corrected chi connectivity index (χ2v) is 4.36. The fourth-order valence-electron chi connectivity index (χ4n) is 1.38. The number of ether oxygens (including phenoxy) is 1. The van der Waals surface area contributed by atoms with Crippen LogP contribution in [0.2, 0.25) is 0 Å². The molecular formula is C12H12FNOS. The van der Waals surface area contributed by atoms with Crippen molar-refractivity contribution in [2.24, 2.45) is 0 Å². The molecule has 0 unspecified atom stereocenters. The van der Waals surface area contributed by atoms with E-state index in [1.165, 1.54) is 17.0 Å². The van der Waals surface area contributed by atoms with Crippen molar-refractivity contribution in [1.29, 1.82) is 0 Å². The first-order chi connectivity index (χ1) is 7.75. The van der Waals surface area contributed by atoms with Gasteiger partial charge in [-0.05, 0) is 19.1 Å². The largest absolute Gasteiger partial charge is 0.493 e. The summed E-state index contributed by atoms with van der Waals surface area (Å²) in [6.45, 7) is 2.53. The van der Waals surface area contributed by atoms with Gasteiger partial charge in [-0.25, -0.2) is 9.37 Å². The number of aryl methyl sites for hydroxylation is 1. The lowest BCUT2D eigenvalue weighted by molar-refractivity contribution is 0.321. The normalized spacial score (nSPS) is 10.4. The highest BCUT2D eigenvalue weighted by Gasteiger charge is 2.02. The van der Waals surface area contributed by atoms with Crippen LogP contribution in [0.25, 0.3) is 0 Å². The number of halogens is 1. The molecule has 16 heavy (non-hydrogen) atoms. The molecule has 1 heterocycles. The summed E-state index contributed by atoms with van der Waals surface area (Å²) < 4.78 is 18.3. The van der Waals surface area contributed by atoms with Crippen LogP contribution in [0.3, 0.4) is 0 Å². The summed E-state index contributed by atoms with van der Waals surface area (Å²) in [6, 6.07) is 6.19. The highest BCUT2D eigenvalue weighted by atomic mass is 32.1. The molecule has 0 radical (unpaired) electrons. The van der Waals surface area contributed by atoms with Crippen molar-refractivity contribution in [3.8, 4) is 5.75 Å². The van der Waals surface area contributed by atoms with Crippen LogP contribution in [0.15, 0.2) is 29.8 Å². The van der Waals surface area contributed by atoms with Crippen molar-refractivity contribution in [2.45, 2.75) is 13.3 Å². The Kier molecular flexibility index (Phi) is 3.51. The van der Waals surface area contributed by atoms with E-state index < -0.39 is 0 Å². The van der Waals surface area contributed by atoms with E-state index in [2.05, 4.69) is 4.98 Å². The molecule has 1 aromatic carbocycles. The average molecular weight is 237 g/mol. The van der Waals surface area contributed by atoms with Gasteiger partial charge in [0.15, 0.2) is 0 Å². The second kappa shape index (κ2) is 5.07. The van der Waals surface area contributed by atoms with Crippen LogP contribution in [-0.2, 0) is 6.42 Å². The SMILES string of the molecule is Cc1ncsc1CCOc1cccc(F)c1. The van der Waals surface area contributed by atoms with E-state index in [4.69, 9.17) is 4.74 Å². The van der Waals surface area contributed by atoms with Gasteiger partial charge in [0.25, 0.3) is 0 Å². The maximum Gasteiger partial charge on any atom is 0.126 e. The minimum atomic E-state index is -0.272. The highest BCUT2D eigenvalue weighted by molar-refractivity contribution is 7.09. The number of rotatable bonds is 4. The number of hydrogen-bond donors (Lipinski definition) is 0. The van der Waals surface area contributed by atoms with Crippen molar-refractivity contribution in [2.75, 3.05) is 6.61 Å². The molecule has 0 saturated heterocycles. The first-order valence-electron chi connectivity index (χ1n) is 5.03. The molecule has 0 aliphatic rings. The fourth-order valence-corrected chi connectivity index (χ4v) is 2.15. The average Bonchev–Trinajstić information content (AvgIpc) is 2.65. The molecular weight excluding hydrogens is 225 g/mol. The summed E-state index contributed by atoms with van der Waals surface area (Å²) in [4.78, 5) is 5.38. The van der Waals surface area contributed by atoms with E-state index >= 15 is 0 Å². The zero-order chi connectivity index (χ0) is 11.4. The quantitative estimate of drug-likeness (QED) is 0.814. The molecule has 0 aliphatic carbocycles. The van der Waals surface area contributed by atoms with Crippen LogP contribution in [-0.4, -0.2) is 11.6 Å². The van der Waals surface area contributed by atoms with Crippen molar-refractivity contribution in [3.63, 3.8) is 0 Å². The van der Waals surface area contributed by atoms with Gasteiger partial charge in [-0.1, -0.05) is 6.07 Å². The summed E-state index contributed by atoms with van der Waals surface area (Å²) in [5.74, 6) is 0.300. The predicted octanol–water partition coefficient (Wildman–Crippen LogP) is 3.21. The van der Waals surface area contributed by atoms with Gasteiger partial charge in [0.05, 0.1) is 17.8 Å². The molecule has 84 valence electrons. The summed E-state index contributed by atoms with van der Waals surface area (Å²) in [5, 5.41) is 0. The Morgan fingerprint density at radius 1 is 1.44 bits per heavy atom. The standard InChI is InChI=1S/C12H12FNOS/c1-9-12(16-8-14-9)5-6-15-11-4-2-3-10(13)7-11/h2-4,7-8H,5-6H2,1H3. The first kappa shape index (κ1) is 11.1. The number of nitrogens with zero attached hydrogens (tertiary/aromatic N) is 1. The van der Waals surface area contributed by atoms with E-state index in [0.29, 0.717) is 12.4 Å². The van der Waals surface area contributed by atoms with Crippen molar-refractivity contribution >= 4 is 11.3 Å². The first-order valence-corrected chi connectivity index (χ1v) is 5.91. The molecule has 0 saturated carbocycles. The number of thiazole rings is 1. The zero-order valence-corrected chi connectivity index (χ0v) is 9.76. The Morgan fingerprint density at radius 2 is 2.31 bits per heavy atom. The Bertz CT molecular complexity index is 470. The molecule has 0 atom stereocenters. The van der Waals surface area contributed by atoms with Crippen molar-refractivity contribution < 1.29 is 9.13 Å². The monoisotopic (exact) mass is 237 g/mol. The van der Waals surface area contributed by atoms with Crippen LogP contribution in [0, 0.1) is 12.7 Å². The molecule has 0 fully saturated rings. The zero-order valence-electron chi connectivity index (χ0n) is 8.94. The maximum absolute atomic E-state index is 12.8. The van der Waals surface area contributed by atoms with E-state index in [9.17, 15) is 4.39 Å². The van der Waals surface area contributed by atoms with Gasteiger partial charge < -0.3 is 4.74 Å². The summed E-state index contributed by atoms with van der Waals surface area (Å²) in [7, 11) is 0. The third-order valence-electron chi connectivity index (χ3n) is 2.24. The van der Waals surface area contributed by atoms with Crippen LogP contribution in [0.1, 0.15) is 10.6 Å². The molecule has 0 bridgehead atoms. The van der Waals surface area contributed by atoms with E-state index in [1.807, 2.05) is 12.4 Å². The fraction of sp³-hybridized carbons (Fsp3) is 0.250. The van der Waals surface area contributed by atoms with Gasteiger partial charge >= 0.3 is 0 Å². The highest BCUT2D eigenvalue weighted by Crippen LogP contribution is 2.15. The van der Waals surface area contributed by atoms with Crippen LogP contribution in [0.4, 0.5) is 4.39 Å². The molecule has 2 rings (SSSR count). The van der Waals surface area contributed by atoms with Crippen molar-refractivity contribution in [3.05, 3.63) is 46.2 Å². The van der Waals surface area contributed by atoms with Crippen LogP contribution in [0.5, 0.6) is 5.75 Å². The van der Waals surface area contributed by atoms with Gasteiger partial charge in [-0.15, -0.1) is 11.3 Å². The molecule has 2 nitrogen and oxygen atoms in total. The molecule has 1 aromatic heterocycles. The lowest BCUT2D eigenvalue weighted by atomic mass is 10.3. The van der Waals surface area contributed by atoms with Gasteiger partial charge in [-0.3, -0.25) is 0 Å². The molecule has 2 aromatic rings. The number of benzene rings is 1. The third kappa shape index (κ3) is 2.79. The summed E-state index contributed by atoms with van der Waals surface area (Å²) in [5.41, 5.74) is 2.88. The van der Waals surface area contributed by atoms with Crippen LogP contribution >= 0.6 is 11.3 Å². The third-order valence-corrected chi connectivity index (χ3v) is 3.23. The molecule has 0 N–H and O–H groups in total. The molecule has 0 aliphatic heterocycles. The number of hydrogen-bond acceptors (Lipinski definition) is 3.